The Hall–Kier alpha value is -2.50. The molecule has 1 atom stereocenters. The molecule has 1 aromatic rings. The first-order valence-electron chi connectivity index (χ1n) is 7.46. The number of hydrogen-bond acceptors (Lipinski definition) is 5. The van der Waals surface area contributed by atoms with Crippen molar-refractivity contribution in [1.29, 1.82) is 0 Å². The molecule has 1 amide bonds. The van der Waals surface area contributed by atoms with Crippen molar-refractivity contribution in [3.05, 3.63) is 30.4 Å². The first-order chi connectivity index (χ1) is 11.1. The highest BCUT2D eigenvalue weighted by Gasteiger charge is 2.16. The second-order valence-corrected chi connectivity index (χ2v) is 5.24. The molecule has 0 heterocycles. The number of carbonyl (C=O) groups is 2. The zero-order chi connectivity index (χ0) is 16.7. The Bertz CT molecular complexity index is 597. The van der Waals surface area contributed by atoms with Gasteiger partial charge in [-0.15, -0.1) is 0 Å². The second-order valence-electron chi connectivity index (χ2n) is 5.24. The summed E-state index contributed by atoms with van der Waals surface area (Å²) in [6.07, 6.45) is 6.35. The van der Waals surface area contributed by atoms with Crippen LogP contribution in [0.25, 0.3) is 0 Å². The maximum atomic E-state index is 11.9. The van der Waals surface area contributed by atoms with Gasteiger partial charge in [0, 0.05) is 6.07 Å². The van der Waals surface area contributed by atoms with E-state index in [0.717, 1.165) is 12.8 Å². The van der Waals surface area contributed by atoms with E-state index in [1.54, 1.807) is 25.3 Å². The molecule has 0 spiro atoms. The standard InChI is InChI=1S/C17H21NO5/c1-21-13-7-8-14(15(10-13)22-2)18-16(19)11-23-17(20)9-12-5-3-4-6-12/h3,5,7-8,10,12H,4,6,9,11H2,1-2H3,(H,18,19)/t12-/m0/s1. The number of anilines is 1. The molecule has 0 aliphatic heterocycles. The van der Waals surface area contributed by atoms with E-state index in [2.05, 4.69) is 11.4 Å². The van der Waals surface area contributed by atoms with Gasteiger partial charge in [-0.05, 0) is 30.9 Å². The van der Waals surface area contributed by atoms with Crippen molar-refractivity contribution in [2.75, 3.05) is 26.1 Å². The molecule has 0 radical (unpaired) electrons. The van der Waals surface area contributed by atoms with Crippen molar-refractivity contribution < 1.29 is 23.8 Å². The number of esters is 1. The van der Waals surface area contributed by atoms with Gasteiger partial charge in [-0.1, -0.05) is 12.2 Å². The van der Waals surface area contributed by atoms with Crippen molar-refractivity contribution in [2.45, 2.75) is 19.3 Å². The zero-order valence-electron chi connectivity index (χ0n) is 13.3. The summed E-state index contributed by atoms with van der Waals surface area (Å²) in [6.45, 7) is -0.315. The third-order valence-corrected chi connectivity index (χ3v) is 3.59. The monoisotopic (exact) mass is 319 g/mol. The number of allylic oxidation sites excluding steroid dienone is 2. The van der Waals surface area contributed by atoms with Crippen LogP contribution in [0.3, 0.4) is 0 Å². The van der Waals surface area contributed by atoms with Crippen LogP contribution in [0.2, 0.25) is 0 Å². The Kier molecular flexibility index (Phi) is 6.02. The molecule has 6 heteroatoms. The van der Waals surface area contributed by atoms with E-state index in [-0.39, 0.29) is 18.5 Å². The minimum Gasteiger partial charge on any atom is -0.497 e. The largest absolute Gasteiger partial charge is 0.497 e. The van der Waals surface area contributed by atoms with E-state index in [0.29, 0.717) is 23.6 Å². The highest BCUT2D eigenvalue weighted by molar-refractivity contribution is 5.94. The average molecular weight is 319 g/mol. The Morgan fingerprint density at radius 3 is 2.74 bits per heavy atom. The maximum absolute atomic E-state index is 11.9. The van der Waals surface area contributed by atoms with Gasteiger partial charge in [0.2, 0.25) is 0 Å². The lowest BCUT2D eigenvalue weighted by Gasteiger charge is -2.12. The molecule has 1 N–H and O–H groups in total. The molecule has 6 nitrogen and oxygen atoms in total. The summed E-state index contributed by atoms with van der Waals surface area (Å²) < 4.78 is 15.3. The molecule has 124 valence electrons. The number of carbonyl (C=O) groups excluding carboxylic acids is 2. The van der Waals surface area contributed by atoms with Gasteiger partial charge < -0.3 is 19.5 Å². The first kappa shape index (κ1) is 16.9. The highest BCUT2D eigenvalue weighted by Crippen LogP contribution is 2.29. The summed E-state index contributed by atoms with van der Waals surface area (Å²) in [5, 5.41) is 2.65. The molecule has 0 fully saturated rings. The summed E-state index contributed by atoms with van der Waals surface area (Å²) >= 11 is 0. The Morgan fingerprint density at radius 1 is 1.26 bits per heavy atom. The molecule has 0 saturated carbocycles. The van der Waals surface area contributed by atoms with Crippen molar-refractivity contribution >= 4 is 17.6 Å². The van der Waals surface area contributed by atoms with Crippen molar-refractivity contribution in [3.8, 4) is 11.5 Å². The third-order valence-electron chi connectivity index (χ3n) is 3.59. The van der Waals surface area contributed by atoms with Gasteiger partial charge in [-0.25, -0.2) is 0 Å². The van der Waals surface area contributed by atoms with Gasteiger partial charge in [-0.2, -0.15) is 0 Å². The summed E-state index contributed by atoms with van der Waals surface area (Å²) in [6, 6.07) is 5.03. The van der Waals surface area contributed by atoms with Crippen molar-refractivity contribution in [2.24, 2.45) is 5.92 Å². The number of ether oxygens (including phenoxy) is 3. The van der Waals surface area contributed by atoms with Crippen molar-refractivity contribution in [3.63, 3.8) is 0 Å². The number of benzene rings is 1. The number of amides is 1. The molecule has 1 aliphatic carbocycles. The predicted octanol–water partition coefficient (Wildman–Crippen LogP) is 2.54. The van der Waals surface area contributed by atoms with Gasteiger partial charge in [-0.3, -0.25) is 9.59 Å². The van der Waals surface area contributed by atoms with Crippen LogP contribution >= 0.6 is 0 Å². The van der Waals surface area contributed by atoms with Crippen molar-refractivity contribution in [1.82, 2.24) is 0 Å². The van der Waals surface area contributed by atoms with Crippen LogP contribution in [0.5, 0.6) is 11.5 Å². The number of nitrogens with one attached hydrogen (secondary N) is 1. The fourth-order valence-corrected chi connectivity index (χ4v) is 2.37. The molecule has 2 rings (SSSR count). The van der Waals surface area contributed by atoms with Gasteiger partial charge in [0.1, 0.15) is 11.5 Å². The Balaban J connectivity index is 1.82. The van der Waals surface area contributed by atoms with Crippen LogP contribution in [-0.2, 0) is 14.3 Å². The summed E-state index contributed by atoms with van der Waals surface area (Å²) in [4.78, 5) is 23.6. The summed E-state index contributed by atoms with van der Waals surface area (Å²) in [7, 11) is 3.05. The van der Waals surface area contributed by atoms with Crippen LogP contribution in [0.4, 0.5) is 5.69 Å². The quantitative estimate of drug-likeness (QED) is 0.617. The predicted molar refractivity (Wildman–Crippen MR) is 85.6 cm³/mol. The lowest BCUT2D eigenvalue weighted by atomic mass is 10.1. The van der Waals surface area contributed by atoms with E-state index in [9.17, 15) is 9.59 Å². The van der Waals surface area contributed by atoms with Crippen LogP contribution < -0.4 is 14.8 Å². The molecular weight excluding hydrogens is 298 g/mol. The highest BCUT2D eigenvalue weighted by atomic mass is 16.5. The maximum Gasteiger partial charge on any atom is 0.306 e. The SMILES string of the molecule is COc1ccc(NC(=O)COC(=O)C[C@H]2C=CCC2)c(OC)c1. The van der Waals surface area contributed by atoms with E-state index in [1.807, 2.05) is 6.08 Å². The molecule has 0 bridgehead atoms. The van der Waals surface area contributed by atoms with E-state index < -0.39 is 5.91 Å². The van der Waals surface area contributed by atoms with E-state index in [4.69, 9.17) is 14.2 Å². The zero-order valence-corrected chi connectivity index (χ0v) is 13.3. The molecule has 1 aromatic carbocycles. The first-order valence-corrected chi connectivity index (χ1v) is 7.46. The van der Waals surface area contributed by atoms with Crippen LogP contribution in [0, 0.1) is 5.92 Å². The molecular formula is C17H21NO5. The molecule has 1 aliphatic rings. The minimum atomic E-state index is -0.413. The topological polar surface area (TPSA) is 73.9 Å². The fourth-order valence-electron chi connectivity index (χ4n) is 2.37. The molecule has 0 aromatic heterocycles. The van der Waals surface area contributed by atoms with E-state index >= 15 is 0 Å². The molecule has 23 heavy (non-hydrogen) atoms. The van der Waals surface area contributed by atoms with Gasteiger partial charge >= 0.3 is 5.97 Å². The van der Waals surface area contributed by atoms with Crippen LogP contribution in [0.15, 0.2) is 30.4 Å². The van der Waals surface area contributed by atoms with Crippen LogP contribution in [0.1, 0.15) is 19.3 Å². The van der Waals surface area contributed by atoms with E-state index in [1.165, 1.54) is 7.11 Å². The lowest BCUT2D eigenvalue weighted by Crippen LogP contribution is -2.21. The van der Waals surface area contributed by atoms with Gasteiger partial charge in [0.05, 0.1) is 26.3 Å². The fraction of sp³-hybridized carbons (Fsp3) is 0.412. The number of hydrogen-bond donors (Lipinski definition) is 1. The Morgan fingerprint density at radius 2 is 2.09 bits per heavy atom. The second kappa shape index (κ2) is 8.22. The average Bonchev–Trinajstić information content (AvgIpc) is 3.06. The van der Waals surface area contributed by atoms with Gasteiger partial charge in [0.15, 0.2) is 6.61 Å². The molecule has 0 saturated heterocycles. The van der Waals surface area contributed by atoms with Gasteiger partial charge in [0.25, 0.3) is 5.91 Å². The smallest absolute Gasteiger partial charge is 0.306 e. The molecule has 0 unspecified atom stereocenters. The Labute approximate surface area is 135 Å². The normalized spacial score (nSPS) is 16.0. The number of rotatable bonds is 7. The number of methoxy groups -OCH3 is 2. The minimum absolute atomic E-state index is 0.229. The summed E-state index contributed by atoms with van der Waals surface area (Å²) in [5.74, 6) is 0.547. The summed E-state index contributed by atoms with van der Waals surface area (Å²) in [5.41, 5.74) is 0.494. The third kappa shape index (κ3) is 5.02. The lowest BCUT2D eigenvalue weighted by molar-refractivity contribution is -0.147. The van der Waals surface area contributed by atoms with Crippen LogP contribution in [-0.4, -0.2) is 32.7 Å².